The van der Waals surface area contributed by atoms with Crippen molar-refractivity contribution in [1.82, 2.24) is 15.0 Å². The first kappa shape index (κ1) is 33.4. The van der Waals surface area contributed by atoms with Crippen molar-refractivity contribution in [2.45, 2.75) is 5.41 Å². The van der Waals surface area contributed by atoms with E-state index in [1.807, 2.05) is 84.9 Å². The third-order valence-electron chi connectivity index (χ3n) is 11.4. The molecule has 0 atom stereocenters. The van der Waals surface area contributed by atoms with Crippen LogP contribution in [0.25, 0.3) is 67.5 Å². The fourth-order valence-corrected chi connectivity index (χ4v) is 8.78. The van der Waals surface area contributed by atoms with Crippen molar-refractivity contribution < 1.29 is 4.74 Å². The lowest BCUT2D eigenvalue weighted by atomic mass is 9.65. The van der Waals surface area contributed by atoms with E-state index in [1.165, 1.54) is 22.3 Å². The van der Waals surface area contributed by atoms with Gasteiger partial charge in [-0.05, 0) is 74.8 Å². The molecule has 1 spiro atoms. The summed E-state index contributed by atoms with van der Waals surface area (Å²) in [4.78, 5) is 14.9. The summed E-state index contributed by atoms with van der Waals surface area (Å²) in [6.45, 7) is 0. The molecule has 0 amide bonds. The van der Waals surface area contributed by atoms with Crippen molar-refractivity contribution in [3.63, 3.8) is 0 Å². The van der Waals surface area contributed by atoms with Crippen LogP contribution in [0.2, 0.25) is 0 Å². The van der Waals surface area contributed by atoms with Gasteiger partial charge in [-0.2, -0.15) is 5.26 Å². The fourth-order valence-electron chi connectivity index (χ4n) is 8.78. The van der Waals surface area contributed by atoms with Crippen molar-refractivity contribution in [3.05, 3.63) is 222 Å². The number of hydrogen-bond donors (Lipinski definition) is 0. The molecule has 5 heteroatoms. The Labute approximate surface area is 336 Å². The fraction of sp³-hybridized carbons (Fsp3) is 0.0189. The van der Waals surface area contributed by atoms with E-state index in [-0.39, 0.29) is 0 Å². The molecule has 0 bridgehead atoms. The zero-order chi connectivity index (χ0) is 38.6. The molecule has 0 radical (unpaired) electrons. The maximum Gasteiger partial charge on any atom is 0.164 e. The predicted molar refractivity (Wildman–Crippen MR) is 229 cm³/mol. The van der Waals surface area contributed by atoms with Crippen LogP contribution in [0.15, 0.2) is 194 Å². The third kappa shape index (κ3) is 5.27. The van der Waals surface area contributed by atoms with Gasteiger partial charge >= 0.3 is 0 Å². The first-order chi connectivity index (χ1) is 28.7. The third-order valence-corrected chi connectivity index (χ3v) is 11.4. The highest BCUT2D eigenvalue weighted by molar-refractivity contribution is 5.89. The van der Waals surface area contributed by atoms with Gasteiger partial charge in [-0.25, -0.2) is 15.0 Å². The SMILES string of the molecule is N#Cc1ccc(-c2ccc3c(c2)Oc2cc(-c4cccc(-c5nc(-c6ccccc6)nc(-c6ccccc6)n5)c4)ccc2C32c3ccccc3-c3ccccc32)cc1. The van der Waals surface area contributed by atoms with Crippen molar-refractivity contribution in [3.8, 4) is 85.1 Å². The summed E-state index contributed by atoms with van der Waals surface area (Å²) in [5, 5.41) is 9.44. The van der Waals surface area contributed by atoms with E-state index in [1.54, 1.807) is 0 Å². The molecule has 2 heterocycles. The number of aromatic nitrogens is 3. The molecule has 270 valence electrons. The van der Waals surface area contributed by atoms with Crippen LogP contribution in [0.3, 0.4) is 0 Å². The van der Waals surface area contributed by atoms with Gasteiger partial charge < -0.3 is 4.74 Å². The lowest BCUT2D eigenvalue weighted by molar-refractivity contribution is 0.437. The van der Waals surface area contributed by atoms with Gasteiger partial charge in [0, 0.05) is 27.8 Å². The van der Waals surface area contributed by atoms with Crippen LogP contribution >= 0.6 is 0 Å². The van der Waals surface area contributed by atoms with Gasteiger partial charge in [0.25, 0.3) is 0 Å². The van der Waals surface area contributed by atoms with Gasteiger partial charge in [-0.15, -0.1) is 0 Å². The van der Waals surface area contributed by atoms with E-state index in [9.17, 15) is 5.26 Å². The monoisotopic (exact) mass is 740 g/mol. The number of fused-ring (bicyclic) bond motifs is 9. The molecule has 0 fully saturated rings. The molecule has 11 rings (SSSR count). The zero-order valence-corrected chi connectivity index (χ0v) is 31.2. The molecule has 0 saturated carbocycles. The Morgan fingerprint density at radius 1 is 0.362 bits per heavy atom. The Hall–Kier alpha value is -7.94. The molecule has 1 aliphatic heterocycles. The van der Waals surface area contributed by atoms with Gasteiger partial charge in [-0.3, -0.25) is 0 Å². The van der Waals surface area contributed by atoms with E-state index in [4.69, 9.17) is 19.7 Å². The van der Waals surface area contributed by atoms with Crippen LogP contribution in [0.4, 0.5) is 0 Å². The molecule has 0 N–H and O–H groups in total. The summed E-state index contributed by atoms with van der Waals surface area (Å²) >= 11 is 0. The number of benzene rings is 8. The number of rotatable bonds is 5. The Bertz CT molecular complexity index is 2990. The molecule has 9 aromatic rings. The maximum absolute atomic E-state index is 9.44. The minimum atomic E-state index is -0.591. The van der Waals surface area contributed by atoms with Crippen LogP contribution < -0.4 is 4.74 Å². The van der Waals surface area contributed by atoms with Crippen LogP contribution in [0, 0.1) is 11.3 Å². The lowest BCUT2D eigenvalue weighted by Gasteiger charge is -2.39. The number of hydrogen-bond acceptors (Lipinski definition) is 5. The van der Waals surface area contributed by atoms with E-state index >= 15 is 0 Å². The Morgan fingerprint density at radius 3 is 1.34 bits per heavy atom. The number of ether oxygens (including phenoxy) is 1. The van der Waals surface area contributed by atoms with E-state index < -0.39 is 5.41 Å². The summed E-state index contributed by atoms with van der Waals surface area (Å²) in [5.74, 6) is 3.46. The lowest BCUT2D eigenvalue weighted by Crippen LogP contribution is -2.32. The molecular formula is C53H32N4O. The van der Waals surface area contributed by atoms with E-state index in [0.717, 1.165) is 61.6 Å². The van der Waals surface area contributed by atoms with Crippen LogP contribution in [0.1, 0.15) is 27.8 Å². The topological polar surface area (TPSA) is 71.7 Å². The zero-order valence-electron chi connectivity index (χ0n) is 31.2. The predicted octanol–water partition coefficient (Wildman–Crippen LogP) is 12.5. The molecular weight excluding hydrogens is 709 g/mol. The molecule has 58 heavy (non-hydrogen) atoms. The van der Waals surface area contributed by atoms with Gasteiger partial charge in [0.1, 0.15) is 11.5 Å². The van der Waals surface area contributed by atoms with Crippen LogP contribution in [-0.2, 0) is 5.41 Å². The van der Waals surface area contributed by atoms with E-state index in [2.05, 4.69) is 115 Å². The van der Waals surface area contributed by atoms with Crippen LogP contribution in [0.5, 0.6) is 11.5 Å². The summed E-state index contributed by atoms with van der Waals surface area (Å²) in [6.07, 6.45) is 0. The Kier molecular flexibility index (Phi) is 7.70. The first-order valence-corrected chi connectivity index (χ1v) is 19.3. The highest BCUT2D eigenvalue weighted by Crippen LogP contribution is 2.62. The van der Waals surface area contributed by atoms with Gasteiger partial charge in [-0.1, -0.05) is 164 Å². The molecule has 2 aliphatic rings. The summed E-state index contributed by atoms with van der Waals surface area (Å²) in [5.41, 5.74) is 14.0. The summed E-state index contributed by atoms with van der Waals surface area (Å²) in [7, 11) is 0. The largest absolute Gasteiger partial charge is 0.457 e. The minimum Gasteiger partial charge on any atom is -0.457 e. The van der Waals surface area contributed by atoms with Crippen molar-refractivity contribution in [2.24, 2.45) is 0 Å². The molecule has 8 aromatic carbocycles. The first-order valence-electron chi connectivity index (χ1n) is 19.3. The van der Waals surface area contributed by atoms with Crippen molar-refractivity contribution in [1.29, 1.82) is 5.26 Å². The second-order valence-electron chi connectivity index (χ2n) is 14.7. The van der Waals surface area contributed by atoms with Gasteiger partial charge in [0.05, 0.1) is 17.0 Å². The maximum atomic E-state index is 9.44. The highest BCUT2D eigenvalue weighted by atomic mass is 16.5. The van der Waals surface area contributed by atoms with Gasteiger partial charge in [0.2, 0.25) is 0 Å². The van der Waals surface area contributed by atoms with E-state index in [0.29, 0.717) is 23.0 Å². The molecule has 5 nitrogen and oxygen atoms in total. The van der Waals surface area contributed by atoms with Crippen molar-refractivity contribution in [2.75, 3.05) is 0 Å². The smallest absolute Gasteiger partial charge is 0.164 e. The quantitative estimate of drug-likeness (QED) is 0.176. The standard InChI is InChI=1S/C53H32N4O/c54-33-34-22-24-35(25-23-34)39-26-28-46-48(31-39)58-49-32-40(27-29-47(49)53(46)44-20-9-7-18-42(44)43-19-8-10-21-45(43)53)38-16-11-17-41(30-38)52-56-50(36-12-3-1-4-13-36)55-51(57-52)37-14-5-2-6-15-37/h1-32H. The van der Waals surface area contributed by atoms with Gasteiger partial charge in [0.15, 0.2) is 17.5 Å². The average Bonchev–Trinajstić information content (AvgIpc) is 3.59. The van der Waals surface area contributed by atoms with Crippen LogP contribution in [-0.4, -0.2) is 15.0 Å². The molecule has 0 saturated heterocycles. The average molecular weight is 741 g/mol. The van der Waals surface area contributed by atoms with Crippen molar-refractivity contribution >= 4 is 0 Å². The molecule has 0 unspecified atom stereocenters. The number of nitriles is 1. The Morgan fingerprint density at radius 2 is 0.793 bits per heavy atom. The second-order valence-corrected chi connectivity index (χ2v) is 14.7. The highest BCUT2D eigenvalue weighted by Gasteiger charge is 2.51. The molecule has 1 aliphatic carbocycles. The number of nitrogens with zero attached hydrogens (tertiary/aromatic N) is 4. The normalized spacial score (nSPS) is 12.7. The second kappa shape index (κ2) is 13.4. The Balaban J connectivity index is 1.07. The molecule has 1 aromatic heterocycles. The minimum absolute atomic E-state index is 0.591. The summed E-state index contributed by atoms with van der Waals surface area (Å²) in [6, 6.07) is 69.1. The summed E-state index contributed by atoms with van der Waals surface area (Å²) < 4.78 is 7.02.